The first-order valence-corrected chi connectivity index (χ1v) is 8.54. The molecule has 0 aliphatic rings. The van der Waals surface area contributed by atoms with Gasteiger partial charge in [0.2, 0.25) is 0 Å². The molecule has 21 heavy (non-hydrogen) atoms. The molecule has 0 bridgehead atoms. The molecular formula is C19H25NS. The van der Waals surface area contributed by atoms with Crippen LogP contribution < -0.4 is 5.32 Å². The molecule has 0 amide bonds. The Morgan fingerprint density at radius 3 is 2.19 bits per heavy atom. The molecule has 0 saturated heterocycles. The Bertz CT molecular complexity index is 573. The van der Waals surface area contributed by atoms with Crippen molar-refractivity contribution in [2.24, 2.45) is 0 Å². The summed E-state index contributed by atoms with van der Waals surface area (Å²) in [4.78, 5) is 1.33. The van der Waals surface area contributed by atoms with Crippen LogP contribution in [-0.2, 0) is 12.3 Å². The van der Waals surface area contributed by atoms with E-state index >= 15 is 0 Å². The van der Waals surface area contributed by atoms with Crippen molar-refractivity contribution >= 4 is 11.8 Å². The monoisotopic (exact) mass is 299 g/mol. The van der Waals surface area contributed by atoms with E-state index in [1.807, 2.05) is 11.8 Å². The van der Waals surface area contributed by atoms with E-state index in [2.05, 4.69) is 75.5 Å². The maximum atomic E-state index is 3.44. The molecule has 112 valence electrons. The Labute approximate surface area is 133 Å². The second kappa shape index (κ2) is 7.67. The number of hydrogen-bond acceptors (Lipinski definition) is 2. The normalized spacial score (nSPS) is 11.1. The van der Waals surface area contributed by atoms with Crippen molar-refractivity contribution in [3.05, 3.63) is 64.7 Å². The van der Waals surface area contributed by atoms with Gasteiger partial charge in [-0.2, -0.15) is 0 Å². The van der Waals surface area contributed by atoms with Crippen LogP contribution in [0.2, 0.25) is 0 Å². The van der Waals surface area contributed by atoms with Crippen molar-refractivity contribution in [1.29, 1.82) is 0 Å². The first-order valence-electron chi connectivity index (χ1n) is 7.56. The lowest BCUT2D eigenvalue weighted by atomic mass is 10.1. The first kappa shape index (κ1) is 16.1. The molecule has 2 heteroatoms. The quantitative estimate of drug-likeness (QED) is 0.745. The topological polar surface area (TPSA) is 12.0 Å². The summed E-state index contributed by atoms with van der Waals surface area (Å²) in [6.45, 7) is 9.64. The number of aryl methyl sites for hydroxylation is 2. The van der Waals surface area contributed by atoms with Gasteiger partial charge in [-0.1, -0.05) is 44.2 Å². The van der Waals surface area contributed by atoms with Crippen LogP contribution in [0.3, 0.4) is 0 Å². The first-order chi connectivity index (χ1) is 10.0. The van der Waals surface area contributed by atoms with Crippen molar-refractivity contribution in [1.82, 2.24) is 5.32 Å². The summed E-state index contributed by atoms with van der Waals surface area (Å²) in [7, 11) is 0. The highest BCUT2D eigenvalue weighted by atomic mass is 32.2. The molecular weight excluding hydrogens is 274 g/mol. The molecule has 0 heterocycles. The second-order valence-corrected chi connectivity index (χ2v) is 6.94. The van der Waals surface area contributed by atoms with Crippen LogP contribution in [0.5, 0.6) is 0 Å². The summed E-state index contributed by atoms with van der Waals surface area (Å²) in [5.41, 5.74) is 5.49. The van der Waals surface area contributed by atoms with Gasteiger partial charge in [-0.15, -0.1) is 11.8 Å². The zero-order valence-corrected chi connectivity index (χ0v) is 14.3. The average Bonchev–Trinajstić information content (AvgIpc) is 2.47. The Kier molecular flexibility index (Phi) is 5.89. The molecule has 0 unspecified atom stereocenters. The van der Waals surface area contributed by atoms with Gasteiger partial charge >= 0.3 is 0 Å². The van der Waals surface area contributed by atoms with Crippen LogP contribution in [0, 0.1) is 13.8 Å². The number of nitrogens with one attached hydrogen (secondary N) is 1. The molecule has 0 aliphatic heterocycles. The van der Waals surface area contributed by atoms with Crippen molar-refractivity contribution in [2.45, 2.75) is 50.9 Å². The number of thioether (sulfide) groups is 1. The highest BCUT2D eigenvalue weighted by Crippen LogP contribution is 2.24. The van der Waals surface area contributed by atoms with E-state index < -0.39 is 0 Å². The molecule has 0 atom stereocenters. The molecule has 0 fully saturated rings. The molecule has 0 aliphatic carbocycles. The van der Waals surface area contributed by atoms with Crippen molar-refractivity contribution in [2.75, 3.05) is 0 Å². The SMILES string of the molecule is Cc1ccc(CSc2ccc(CNC(C)C)cc2)cc1C. The van der Waals surface area contributed by atoms with Gasteiger partial charge in [0.25, 0.3) is 0 Å². The second-order valence-electron chi connectivity index (χ2n) is 5.89. The van der Waals surface area contributed by atoms with Crippen LogP contribution in [0.15, 0.2) is 47.4 Å². The van der Waals surface area contributed by atoms with Crippen LogP contribution in [0.1, 0.15) is 36.1 Å². The zero-order valence-electron chi connectivity index (χ0n) is 13.4. The summed E-state index contributed by atoms with van der Waals surface area (Å²) >= 11 is 1.90. The molecule has 2 aromatic carbocycles. The van der Waals surface area contributed by atoms with E-state index in [9.17, 15) is 0 Å². The molecule has 0 radical (unpaired) electrons. The van der Waals surface area contributed by atoms with Crippen molar-refractivity contribution in [3.63, 3.8) is 0 Å². The maximum absolute atomic E-state index is 3.44. The minimum atomic E-state index is 0.531. The van der Waals surface area contributed by atoms with E-state index in [4.69, 9.17) is 0 Å². The summed E-state index contributed by atoms with van der Waals surface area (Å²) in [6, 6.07) is 16.2. The largest absolute Gasteiger partial charge is 0.310 e. The van der Waals surface area contributed by atoms with Crippen LogP contribution >= 0.6 is 11.8 Å². The van der Waals surface area contributed by atoms with E-state index in [0.717, 1.165) is 12.3 Å². The molecule has 0 spiro atoms. The van der Waals surface area contributed by atoms with Gasteiger partial charge in [0.1, 0.15) is 0 Å². The third-order valence-electron chi connectivity index (χ3n) is 3.61. The number of benzene rings is 2. The predicted octanol–water partition coefficient (Wildman–Crippen LogP) is 5.09. The lowest BCUT2D eigenvalue weighted by molar-refractivity contribution is 0.588. The van der Waals surface area contributed by atoms with Gasteiger partial charge in [-0.05, 0) is 48.2 Å². The van der Waals surface area contributed by atoms with Crippen molar-refractivity contribution < 1.29 is 0 Å². The van der Waals surface area contributed by atoms with Crippen molar-refractivity contribution in [3.8, 4) is 0 Å². The number of hydrogen-bond donors (Lipinski definition) is 1. The van der Waals surface area contributed by atoms with Gasteiger partial charge in [-0.3, -0.25) is 0 Å². The lowest BCUT2D eigenvalue weighted by Crippen LogP contribution is -2.21. The highest BCUT2D eigenvalue weighted by molar-refractivity contribution is 7.98. The molecule has 0 saturated carbocycles. The molecule has 2 rings (SSSR count). The minimum Gasteiger partial charge on any atom is -0.310 e. The predicted molar refractivity (Wildman–Crippen MR) is 93.9 cm³/mol. The van der Waals surface area contributed by atoms with Gasteiger partial charge in [-0.25, -0.2) is 0 Å². The van der Waals surface area contributed by atoms with Gasteiger partial charge in [0.05, 0.1) is 0 Å². The third kappa shape index (κ3) is 5.22. The van der Waals surface area contributed by atoms with E-state index in [1.54, 1.807) is 0 Å². The van der Waals surface area contributed by atoms with Gasteiger partial charge in [0, 0.05) is 23.2 Å². The number of rotatable bonds is 6. The van der Waals surface area contributed by atoms with Crippen LogP contribution in [0.4, 0.5) is 0 Å². The standard InChI is InChI=1S/C19H25NS/c1-14(2)20-12-17-7-9-19(10-8-17)21-13-18-6-5-15(3)16(4)11-18/h5-11,14,20H,12-13H2,1-4H3. The van der Waals surface area contributed by atoms with E-state index in [-0.39, 0.29) is 0 Å². The molecule has 0 aromatic heterocycles. The van der Waals surface area contributed by atoms with Crippen LogP contribution in [-0.4, -0.2) is 6.04 Å². The summed E-state index contributed by atoms with van der Waals surface area (Å²) in [5, 5.41) is 3.44. The summed E-state index contributed by atoms with van der Waals surface area (Å²) in [5.74, 6) is 1.03. The molecule has 2 aromatic rings. The Hall–Kier alpha value is -1.25. The Balaban J connectivity index is 1.89. The highest BCUT2D eigenvalue weighted by Gasteiger charge is 2.00. The Morgan fingerprint density at radius 2 is 1.57 bits per heavy atom. The third-order valence-corrected chi connectivity index (χ3v) is 4.70. The van der Waals surface area contributed by atoms with E-state index in [0.29, 0.717) is 6.04 Å². The Morgan fingerprint density at radius 1 is 0.905 bits per heavy atom. The average molecular weight is 299 g/mol. The fourth-order valence-corrected chi connectivity index (χ4v) is 2.93. The smallest absolute Gasteiger partial charge is 0.0232 e. The molecule has 1 nitrogen and oxygen atoms in total. The van der Waals surface area contributed by atoms with Gasteiger partial charge < -0.3 is 5.32 Å². The van der Waals surface area contributed by atoms with Crippen LogP contribution in [0.25, 0.3) is 0 Å². The maximum Gasteiger partial charge on any atom is 0.0232 e. The lowest BCUT2D eigenvalue weighted by Gasteiger charge is -2.09. The fourth-order valence-electron chi connectivity index (χ4n) is 2.09. The fraction of sp³-hybridized carbons (Fsp3) is 0.368. The minimum absolute atomic E-state index is 0.531. The van der Waals surface area contributed by atoms with Gasteiger partial charge in [0.15, 0.2) is 0 Å². The molecule has 1 N–H and O–H groups in total. The zero-order chi connectivity index (χ0) is 15.2. The summed E-state index contributed by atoms with van der Waals surface area (Å²) < 4.78 is 0. The summed E-state index contributed by atoms with van der Waals surface area (Å²) in [6.07, 6.45) is 0. The van der Waals surface area contributed by atoms with E-state index in [1.165, 1.54) is 27.1 Å².